The third kappa shape index (κ3) is 4.15. The average molecular weight is 335 g/mol. The number of fused-ring (bicyclic) bond motifs is 1. The molecule has 0 spiro atoms. The van der Waals surface area contributed by atoms with Gasteiger partial charge in [0.15, 0.2) is 11.5 Å². The summed E-state index contributed by atoms with van der Waals surface area (Å²) >= 11 is 0. The van der Waals surface area contributed by atoms with Crippen molar-refractivity contribution in [3.8, 4) is 17.6 Å². The number of carbonyl (C=O) groups excluding carboxylic acids is 1. The highest BCUT2D eigenvalue weighted by molar-refractivity contribution is 6.04. The number of nitriles is 1. The van der Waals surface area contributed by atoms with Crippen LogP contribution in [-0.4, -0.2) is 30.6 Å². The molecule has 1 aliphatic heterocycles. The van der Waals surface area contributed by atoms with Gasteiger partial charge in [0, 0.05) is 36.8 Å². The first-order valence-electron chi connectivity index (χ1n) is 7.94. The molecule has 1 aromatic carbocycles. The Bertz CT molecular complexity index is 812. The van der Waals surface area contributed by atoms with Gasteiger partial charge in [-0.25, -0.2) is 0 Å². The summed E-state index contributed by atoms with van der Waals surface area (Å²) in [6.45, 7) is 1.28. The number of amides is 1. The molecule has 25 heavy (non-hydrogen) atoms. The van der Waals surface area contributed by atoms with Gasteiger partial charge in [-0.3, -0.25) is 9.78 Å². The molecule has 1 amide bonds. The predicted octanol–water partition coefficient (Wildman–Crippen LogP) is 2.81. The fourth-order valence-corrected chi connectivity index (χ4v) is 2.46. The summed E-state index contributed by atoms with van der Waals surface area (Å²) in [6, 6.07) is 11.1. The van der Waals surface area contributed by atoms with Gasteiger partial charge in [-0.2, -0.15) is 5.26 Å². The van der Waals surface area contributed by atoms with Crippen molar-refractivity contribution in [1.29, 1.82) is 5.26 Å². The largest absolute Gasteiger partial charge is 0.486 e. The van der Waals surface area contributed by atoms with E-state index in [1.54, 1.807) is 47.6 Å². The highest BCUT2D eigenvalue weighted by atomic mass is 16.6. The number of benzene rings is 1. The minimum Gasteiger partial charge on any atom is -0.486 e. The predicted molar refractivity (Wildman–Crippen MR) is 93.3 cm³/mol. The number of nitrogens with zero attached hydrogens (tertiary/aromatic N) is 3. The molecule has 1 aromatic heterocycles. The van der Waals surface area contributed by atoms with Gasteiger partial charge >= 0.3 is 0 Å². The lowest BCUT2D eigenvalue weighted by Gasteiger charge is -2.24. The maximum Gasteiger partial charge on any atom is 0.251 e. The van der Waals surface area contributed by atoms with Gasteiger partial charge in [0.25, 0.3) is 5.91 Å². The van der Waals surface area contributed by atoms with Gasteiger partial charge in [0.05, 0.1) is 12.5 Å². The lowest BCUT2D eigenvalue weighted by molar-refractivity contribution is -0.114. The van der Waals surface area contributed by atoms with Crippen LogP contribution >= 0.6 is 0 Å². The Morgan fingerprint density at radius 3 is 2.88 bits per heavy atom. The van der Waals surface area contributed by atoms with Gasteiger partial charge in [-0.15, -0.1) is 0 Å². The number of rotatable bonds is 5. The topological polar surface area (TPSA) is 75.5 Å². The second kappa shape index (κ2) is 7.97. The quantitative estimate of drug-likeness (QED) is 0.785. The van der Waals surface area contributed by atoms with E-state index in [2.05, 4.69) is 11.1 Å². The van der Waals surface area contributed by atoms with Crippen LogP contribution in [0.2, 0.25) is 0 Å². The van der Waals surface area contributed by atoms with E-state index in [0.717, 1.165) is 5.56 Å². The van der Waals surface area contributed by atoms with E-state index < -0.39 is 0 Å². The number of hydrogen-bond acceptors (Lipinski definition) is 5. The first-order valence-corrected chi connectivity index (χ1v) is 7.94. The molecule has 6 nitrogen and oxygen atoms in total. The standard InChI is InChI=1S/C19H17N3O3/c20-8-2-10-22(19(23)7-4-15-3-1-9-21-14-15)16-5-6-17-18(13-16)25-12-11-24-17/h1,3-7,9,13-14H,2,10-12H2/b7-4-. The first-order chi connectivity index (χ1) is 12.3. The molecule has 0 N–H and O–H groups in total. The minimum absolute atomic E-state index is 0.212. The van der Waals surface area contributed by atoms with Crippen LogP contribution < -0.4 is 14.4 Å². The number of carbonyl (C=O) groups is 1. The van der Waals surface area contributed by atoms with E-state index >= 15 is 0 Å². The average Bonchev–Trinajstić information content (AvgIpc) is 2.67. The number of aromatic nitrogens is 1. The Kier molecular flexibility index (Phi) is 5.27. The van der Waals surface area contributed by atoms with Gasteiger partial charge in [0.2, 0.25) is 0 Å². The molecule has 6 heteroatoms. The molecule has 0 fully saturated rings. The van der Waals surface area contributed by atoms with Crippen LogP contribution in [0.15, 0.2) is 48.8 Å². The molecule has 0 bridgehead atoms. The molecule has 0 aliphatic carbocycles. The maximum atomic E-state index is 12.6. The number of pyridine rings is 1. The van der Waals surface area contributed by atoms with E-state index in [0.29, 0.717) is 36.9 Å². The molecule has 3 rings (SSSR count). The number of ether oxygens (including phenoxy) is 2. The molecular weight excluding hydrogens is 318 g/mol. The van der Waals surface area contributed by atoms with E-state index in [1.165, 1.54) is 6.08 Å². The van der Waals surface area contributed by atoms with Crippen molar-refractivity contribution in [3.05, 3.63) is 54.4 Å². The van der Waals surface area contributed by atoms with Crippen LogP contribution in [0.4, 0.5) is 5.69 Å². The smallest absolute Gasteiger partial charge is 0.251 e. The van der Waals surface area contributed by atoms with Gasteiger partial charge in [0.1, 0.15) is 13.2 Å². The van der Waals surface area contributed by atoms with Gasteiger partial charge in [-0.05, 0) is 29.8 Å². The van der Waals surface area contributed by atoms with Crippen LogP contribution in [-0.2, 0) is 4.79 Å². The minimum atomic E-state index is -0.212. The van der Waals surface area contributed by atoms with E-state index in [4.69, 9.17) is 14.7 Å². The second-order valence-corrected chi connectivity index (χ2v) is 5.35. The van der Waals surface area contributed by atoms with Gasteiger partial charge in [-0.1, -0.05) is 6.07 Å². The fourth-order valence-electron chi connectivity index (χ4n) is 2.46. The monoisotopic (exact) mass is 335 g/mol. The Labute approximate surface area is 145 Å². The summed E-state index contributed by atoms with van der Waals surface area (Å²) in [4.78, 5) is 18.2. The normalized spacial score (nSPS) is 12.6. The maximum absolute atomic E-state index is 12.6. The van der Waals surface area contributed by atoms with Crippen molar-refractivity contribution in [2.24, 2.45) is 0 Å². The van der Waals surface area contributed by atoms with Crippen molar-refractivity contribution < 1.29 is 14.3 Å². The van der Waals surface area contributed by atoms with Crippen LogP contribution in [0.3, 0.4) is 0 Å². The molecule has 126 valence electrons. The van der Waals surface area contributed by atoms with Crippen molar-refractivity contribution in [2.75, 3.05) is 24.7 Å². The van der Waals surface area contributed by atoms with E-state index in [9.17, 15) is 4.79 Å². The van der Waals surface area contributed by atoms with Crippen LogP contribution in [0.1, 0.15) is 12.0 Å². The fraction of sp³-hybridized carbons (Fsp3) is 0.211. The highest BCUT2D eigenvalue weighted by Crippen LogP contribution is 2.34. The zero-order chi connectivity index (χ0) is 17.5. The molecule has 0 saturated heterocycles. The summed E-state index contributed by atoms with van der Waals surface area (Å²) in [5.74, 6) is 1.05. The molecular formula is C19H17N3O3. The third-order valence-corrected chi connectivity index (χ3v) is 3.65. The molecule has 2 heterocycles. The van der Waals surface area contributed by atoms with Crippen LogP contribution in [0.5, 0.6) is 11.5 Å². The van der Waals surface area contributed by atoms with Crippen molar-refractivity contribution in [3.63, 3.8) is 0 Å². The molecule has 1 aliphatic rings. The van der Waals surface area contributed by atoms with E-state index in [-0.39, 0.29) is 12.3 Å². The third-order valence-electron chi connectivity index (χ3n) is 3.65. The second-order valence-electron chi connectivity index (χ2n) is 5.35. The SMILES string of the molecule is N#CCCN(C(=O)/C=C\c1cccnc1)c1ccc2c(c1)OCCO2. The van der Waals surface area contributed by atoms with Crippen LogP contribution in [0, 0.1) is 11.3 Å². The van der Waals surface area contributed by atoms with Crippen molar-refractivity contribution >= 4 is 17.7 Å². The van der Waals surface area contributed by atoms with Crippen molar-refractivity contribution in [2.45, 2.75) is 6.42 Å². The Balaban J connectivity index is 1.83. The Morgan fingerprint density at radius 2 is 2.12 bits per heavy atom. The Morgan fingerprint density at radius 1 is 1.28 bits per heavy atom. The highest BCUT2D eigenvalue weighted by Gasteiger charge is 2.18. The molecule has 0 unspecified atom stereocenters. The summed E-state index contributed by atoms with van der Waals surface area (Å²) in [5.41, 5.74) is 1.50. The Hall–Kier alpha value is -3.33. The zero-order valence-electron chi connectivity index (χ0n) is 13.6. The molecule has 0 saturated carbocycles. The summed E-state index contributed by atoms with van der Waals surface area (Å²) in [7, 11) is 0. The molecule has 0 radical (unpaired) electrons. The summed E-state index contributed by atoms with van der Waals surface area (Å²) < 4.78 is 11.1. The summed E-state index contributed by atoms with van der Waals surface area (Å²) in [6.07, 6.45) is 6.76. The lowest BCUT2D eigenvalue weighted by atomic mass is 10.2. The first kappa shape index (κ1) is 16.5. The van der Waals surface area contributed by atoms with Crippen molar-refractivity contribution in [1.82, 2.24) is 4.98 Å². The van der Waals surface area contributed by atoms with Crippen LogP contribution in [0.25, 0.3) is 6.08 Å². The molecule has 0 atom stereocenters. The lowest BCUT2D eigenvalue weighted by Crippen LogP contribution is -2.30. The van der Waals surface area contributed by atoms with Gasteiger partial charge < -0.3 is 14.4 Å². The summed E-state index contributed by atoms with van der Waals surface area (Å²) in [5, 5.41) is 8.88. The van der Waals surface area contributed by atoms with E-state index in [1.807, 2.05) is 6.07 Å². The number of anilines is 1. The number of hydrogen-bond donors (Lipinski definition) is 0. The molecule has 2 aromatic rings. The zero-order valence-corrected chi connectivity index (χ0v) is 13.6.